The van der Waals surface area contributed by atoms with Crippen molar-refractivity contribution in [2.24, 2.45) is 0 Å². The molecule has 0 atom stereocenters. The molecule has 5 rings (SSSR count). The third-order valence-electron chi connectivity index (χ3n) is 5.97. The van der Waals surface area contributed by atoms with E-state index in [9.17, 15) is 9.18 Å². The molecule has 0 saturated heterocycles. The highest BCUT2D eigenvalue weighted by molar-refractivity contribution is 6.29. The first kappa shape index (κ1) is 22.7. The lowest BCUT2D eigenvalue weighted by Gasteiger charge is -2.18. The smallest absolute Gasteiger partial charge is 0.254 e. The van der Waals surface area contributed by atoms with E-state index in [1.807, 2.05) is 5.32 Å². The SMILES string of the molecule is [2H]C([2H])([2H])NC(=O)c1cnc(Cl)cc1Nc1cc(COCc2nc(N)ccc2F)cc(-c2ncn(C3CC3)n2)c1OC. The minimum absolute atomic E-state index is 0.0222. The Balaban J connectivity index is 1.51. The predicted molar refractivity (Wildman–Crippen MR) is 143 cm³/mol. The zero-order valence-corrected chi connectivity index (χ0v) is 21.5. The summed E-state index contributed by atoms with van der Waals surface area (Å²) in [4.78, 5) is 25.2. The number of halogens is 2. The van der Waals surface area contributed by atoms with Crippen molar-refractivity contribution >= 4 is 34.7 Å². The molecule has 0 spiro atoms. The number of ether oxygens (including phenoxy) is 2. The van der Waals surface area contributed by atoms with Crippen LogP contribution in [0.4, 0.5) is 21.6 Å². The van der Waals surface area contributed by atoms with Gasteiger partial charge in [0.2, 0.25) is 0 Å². The van der Waals surface area contributed by atoms with Gasteiger partial charge in [0.15, 0.2) is 11.6 Å². The number of nitrogen functional groups attached to an aromatic ring is 1. The van der Waals surface area contributed by atoms with Crippen LogP contribution in [0.2, 0.25) is 5.15 Å². The first-order valence-electron chi connectivity index (χ1n) is 13.4. The predicted octanol–water partition coefficient (Wildman–Crippen LogP) is 4.27. The molecule has 3 aromatic heterocycles. The van der Waals surface area contributed by atoms with Crippen LogP contribution < -0.4 is 21.1 Å². The average molecular weight is 556 g/mol. The van der Waals surface area contributed by atoms with Crippen molar-refractivity contribution in [1.29, 1.82) is 0 Å². The molecule has 1 aliphatic rings. The van der Waals surface area contributed by atoms with Crippen LogP contribution >= 0.6 is 11.6 Å². The second-order valence-electron chi connectivity index (χ2n) is 8.79. The van der Waals surface area contributed by atoms with Crippen LogP contribution in [-0.4, -0.2) is 44.7 Å². The molecule has 13 heteroatoms. The van der Waals surface area contributed by atoms with Crippen molar-refractivity contribution in [3.8, 4) is 17.1 Å². The maximum absolute atomic E-state index is 14.2. The number of pyridine rings is 2. The molecule has 1 aromatic carbocycles. The van der Waals surface area contributed by atoms with Gasteiger partial charge in [0.1, 0.15) is 28.8 Å². The van der Waals surface area contributed by atoms with E-state index >= 15 is 0 Å². The number of nitrogens with two attached hydrogens (primary N) is 1. The van der Waals surface area contributed by atoms with Gasteiger partial charge in [-0.2, -0.15) is 5.10 Å². The van der Waals surface area contributed by atoms with Gasteiger partial charge in [-0.25, -0.2) is 24.0 Å². The lowest BCUT2D eigenvalue weighted by Crippen LogP contribution is -2.19. The highest BCUT2D eigenvalue weighted by Gasteiger charge is 2.26. The number of amides is 1. The van der Waals surface area contributed by atoms with Gasteiger partial charge in [0, 0.05) is 17.3 Å². The maximum atomic E-state index is 14.2. The van der Waals surface area contributed by atoms with E-state index in [4.69, 9.17) is 30.9 Å². The number of methoxy groups -OCH3 is 1. The molecule has 3 heterocycles. The van der Waals surface area contributed by atoms with Crippen LogP contribution in [-0.2, 0) is 18.0 Å². The van der Waals surface area contributed by atoms with E-state index in [1.54, 1.807) is 23.1 Å². The summed E-state index contributed by atoms with van der Waals surface area (Å²) in [6.45, 7) is -2.84. The number of hydrogen-bond acceptors (Lipinski definition) is 9. The van der Waals surface area contributed by atoms with Crippen LogP contribution in [0.5, 0.6) is 5.75 Å². The van der Waals surface area contributed by atoms with E-state index in [-0.39, 0.29) is 41.1 Å². The molecule has 0 bridgehead atoms. The highest BCUT2D eigenvalue weighted by atomic mass is 35.5. The number of nitrogens with one attached hydrogen (secondary N) is 2. The lowest BCUT2D eigenvalue weighted by molar-refractivity contribution is 0.0963. The number of rotatable bonds is 10. The van der Waals surface area contributed by atoms with Crippen LogP contribution in [0.3, 0.4) is 0 Å². The van der Waals surface area contributed by atoms with Crippen molar-refractivity contribution < 1.29 is 22.8 Å². The van der Waals surface area contributed by atoms with Gasteiger partial charge in [-0.05, 0) is 48.7 Å². The summed E-state index contributed by atoms with van der Waals surface area (Å²) < 4.78 is 49.7. The first-order chi connectivity index (χ1) is 20.0. The fraction of sp³-hybridized carbons (Fsp3) is 0.269. The molecule has 0 radical (unpaired) electrons. The Morgan fingerprint density at radius 2 is 2.10 bits per heavy atom. The number of benzene rings is 1. The molecule has 4 aromatic rings. The standard InChI is InChI=1S/C26H26ClFN8O3/c1-30-26(37)17-10-31-22(27)9-19(17)33-20-8-14(11-39-12-21-18(28)5-6-23(29)34-21)7-16(24(20)38-2)25-32-13-36(35-25)15-3-4-15/h5-10,13,15H,3-4,11-12H2,1-2H3,(H2,29,34)(H,30,37)(H,31,33)/i1D3. The number of carbonyl (C=O) groups is 1. The molecule has 4 N–H and O–H groups in total. The van der Waals surface area contributed by atoms with E-state index < -0.39 is 18.7 Å². The second-order valence-corrected chi connectivity index (χ2v) is 9.18. The second kappa shape index (κ2) is 11.2. The molecule has 0 unspecified atom stereocenters. The normalized spacial score (nSPS) is 14.3. The summed E-state index contributed by atoms with van der Waals surface area (Å²) in [5.41, 5.74) is 7.34. The van der Waals surface area contributed by atoms with Gasteiger partial charge < -0.3 is 25.8 Å². The Labute approximate surface area is 232 Å². The van der Waals surface area contributed by atoms with Gasteiger partial charge in [0.25, 0.3) is 5.91 Å². The zero-order valence-electron chi connectivity index (χ0n) is 23.7. The van der Waals surface area contributed by atoms with E-state index in [0.717, 1.165) is 19.0 Å². The molecular formula is C26H26ClFN8O3. The number of aromatic nitrogens is 5. The van der Waals surface area contributed by atoms with Crippen LogP contribution in [0.1, 0.15) is 44.6 Å². The summed E-state index contributed by atoms with van der Waals surface area (Å²) in [6, 6.07) is 7.73. The maximum Gasteiger partial charge on any atom is 0.254 e. The Morgan fingerprint density at radius 3 is 2.87 bits per heavy atom. The monoisotopic (exact) mass is 555 g/mol. The molecule has 202 valence electrons. The van der Waals surface area contributed by atoms with E-state index in [1.165, 1.54) is 25.3 Å². The van der Waals surface area contributed by atoms with Crippen LogP contribution in [0, 0.1) is 5.82 Å². The van der Waals surface area contributed by atoms with E-state index in [0.29, 0.717) is 34.4 Å². The van der Waals surface area contributed by atoms with Crippen molar-refractivity contribution in [3.05, 3.63) is 70.6 Å². The highest BCUT2D eigenvalue weighted by Crippen LogP contribution is 2.40. The van der Waals surface area contributed by atoms with E-state index in [2.05, 4.69) is 25.4 Å². The molecule has 11 nitrogen and oxygen atoms in total. The van der Waals surface area contributed by atoms with Gasteiger partial charge in [-0.1, -0.05) is 11.6 Å². The van der Waals surface area contributed by atoms with Gasteiger partial charge in [-0.15, -0.1) is 0 Å². The Kier molecular flexibility index (Phi) is 6.52. The number of nitrogens with zero attached hydrogens (tertiary/aromatic N) is 5. The third-order valence-corrected chi connectivity index (χ3v) is 6.18. The summed E-state index contributed by atoms with van der Waals surface area (Å²) in [7, 11) is 1.47. The Morgan fingerprint density at radius 1 is 1.26 bits per heavy atom. The van der Waals surface area contributed by atoms with Gasteiger partial charge in [0.05, 0.1) is 48.9 Å². The molecule has 1 amide bonds. The molecule has 39 heavy (non-hydrogen) atoms. The molecule has 1 fully saturated rings. The molecule has 1 aliphatic carbocycles. The summed E-state index contributed by atoms with van der Waals surface area (Å²) in [5.74, 6) is -0.540. The van der Waals surface area contributed by atoms with Crippen LogP contribution in [0.25, 0.3) is 11.4 Å². The van der Waals surface area contributed by atoms with Crippen molar-refractivity contribution in [2.75, 3.05) is 25.1 Å². The van der Waals surface area contributed by atoms with Crippen LogP contribution in [0.15, 0.2) is 42.9 Å². The fourth-order valence-electron chi connectivity index (χ4n) is 3.96. The minimum Gasteiger partial charge on any atom is -0.494 e. The van der Waals surface area contributed by atoms with Gasteiger partial charge >= 0.3 is 0 Å². The summed E-state index contributed by atoms with van der Waals surface area (Å²) in [6.07, 6.45) is 4.84. The Bertz CT molecular complexity index is 1630. The minimum atomic E-state index is -2.72. The summed E-state index contributed by atoms with van der Waals surface area (Å²) >= 11 is 6.13. The zero-order chi connectivity index (χ0) is 30.0. The van der Waals surface area contributed by atoms with Crippen molar-refractivity contribution in [3.63, 3.8) is 0 Å². The molecule has 1 saturated carbocycles. The average Bonchev–Trinajstić information content (AvgIpc) is 3.65. The Hall–Kier alpha value is -4.29. The lowest BCUT2D eigenvalue weighted by atomic mass is 10.1. The topological polar surface area (TPSA) is 142 Å². The molecular weight excluding hydrogens is 527 g/mol. The quantitative estimate of drug-likeness (QED) is 0.244. The summed E-state index contributed by atoms with van der Waals surface area (Å²) in [5, 5.41) is 9.74. The number of hydrogen-bond donors (Lipinski definition) is 3. The van der Waals surface area contributed by atoms with Crippen molar-refractivity contribution in [1.82, 2.24) is 30.0 Å². The third kappa shape index (κ3) is 5.91. The van der Waals surface area contributed by atoms with Gasteiger partial charge in [-0.3, -0.25) is 4.79 Å². The van der Waals surface area contributed by atoms with Crippen molar-refractivity contribution in [2.45, 2.75) is 32.1 Å². The number of carbonyl (C=O) groups excluding carboxylic acids is 1. The fourth-order valence-corrected chi connectivity index (χ4v) is 4.12. The largest absolute Gasteiger partial charge is 0.494 e. The molecule has 0 aliphatic heterocycles. The first-order valence-corrected chi connectivity index (χ1v) is 12.2. The number of anilines is 3.